The number of hydrogen-bond donors (Lipinski definition) is 1. The van der Waals surface area contributed by atoms with Gasteiger partial charge in [-0.15, -0.1) is 0 Å². The van der Waals surface area contributed by atoms with Crippen molar-refractivity contribution in [1.29, 1.82) is 0 Å². The van der Waals surface area contributed by atoms with Gasteiger partial charge in [0.25, 0.3) is 0 Å². The number of hydrogen-bond acceptors (Lipinski definition) is 3. The quantitative estimate of drug-likeness (QED) is 0.615. The van der Waals surface area contributed by atoms with Crippen molar-refractivity contribution in [3.63, 3.8) is 0 Å². The molecule has 0 heterocycles. The Labute approximate surface area is 150 Å². The third kappa shape index (κ3) is 7.63. The first-order chi connectivity index (χ1) is 9.25. The average molecular weight is 401 g/mol. The summed E-state index contributed by atoms with van der Waals surface area (Å²) in [5, 5.41) is 14.8. The Balaban J connectivity index is 0. The van der Waals surface area contributed by atoms with E-state index in [9.17, 15) is 5.11 Å². The van der Waals surface area contributed by atoms with Gasteiger partial charge in [0, 0.05) is 41.5 Å². The first kappa shape index (κ1) is 23.0. The molecule has 0 unspecified atom stereocenters. The molecule has 0 saturated carbocycles. The van der Waals surface area contributed by atoms with Crippen LogP contribution in [0.2, 0.25) is 0 Å². The van der Waals surface area contributed by atoms with Gasteiger partial charge in [0.1, 0.15) is 0 Å². The van der Waals surface area contributed by atoms with Gasteiger partial charge in [-0.05, 0) is 29.8 Å². The minimum absolute atomic E-state index is 0. The number of nitrogens with zero attached hydrogens (tertiary/aromatic N) is 1. The standard InChI is InChI=1S/C15H15BrN2O.2O.V/c16-13-6-7-15(19)12(10-13)11-17-8-9-18-14-4-2-1-3-5-14;;;/h1-7,10-11,18-19H,8-9H2;;;/q;2*-2;/p-1. The minimum Gasteiger partial charge on any atom is -2.00 e. The van der Waals surface area contributed by atoms with Gasteiger partial charge < -0.3 is 21.4 Å². The second-order valence-electron chi connectivity index (χ2n) is 4.01. The van der Waals surface area contributed by atoms with Crippen molar-refractivity contribution in [2.45, 2.75) is 0 Å². The number of para-hydroxylation sites is 1. The molecule has 0 aliphatic carbocycles. The SMILES string of the molecule is [O-2].[O-2].[O-]c1ccc(Br)cc1C=NCCNc1ccccc1.[V]. The number of nitrogens with one attached hydrogen (secondary N) is 1. The van der Waals surface area contributed by atoms with Gasteiger partial charge in [0.2, 0.25) is 0 Å². The maximum Gasteiger partial charge on any atom is 0.0562 e. The zero-order valence-corrected chi connectivity index (χ0v) is 14.6. The van der Waals surface area contributed by atoms with Crippen molar-refractivity contribution in [2.75, 3.05) is 18.4 Å². The molecule has 0 spiro atoms. The van der Waals surface area contributed by atoms with E-state index >= 15 is 0 Å². The van der Waals surface area contributed by atoms with Crippen LogP contribution in [-0.4, -0.2) is 19.3 Å². The van der Waals surface area contributed by atoms with E-state index in [1.54, 1.807) is 18.3 Å². The molecule has 2 aromatic carbocycles. The number of anilines is 1. The summed E-state index contributed by atoms with van der Waals surface area (Å²) >= 11 is 3.34. The second kappa shape index (κ2) is 12.3. The van der Waals surface area contributed by atoms with Crippen LogP contribution in [0.5, 0.6) is 5.75 Å². The van der Waals surface area contributed by atoms with Gasteiger partial charge in [-0.1, -0.05) is 45.9 Å². The summed E-state index contributed by atoms with van der Waals surface area (Å²) in [6.45, 7) is 1.36. The van der Waals surface area contributed by atoms with E-state index < -0.39 is 0 Å². The topological polar surface area (TPSA) is 104 Å². The van der Waals surface area contributed by atoms with Crippen molar-refractivity contribution in [3.05, 3.63) is 58.6 Å². The Morgan fingerprint density at radius 2 is 1.77 bits per heavy atom. The molecule has 5 nitrogen and oxygen atoms in total. The van der Waals surface area contributed by atoms with E-state index in [2.05, 4.69) is 26.2 Å². The van der Waals surface area contributed by atoms with Gasteiger partial charge in [-0.3, -0.25) is 4.99 Å². The molecule has 0 aromatic heterocycles. The van der Waals surface area contributed by atoms with Crippen LogP contribution >= 0.6 is 15.9 Å². The predicted octanol–water partition coefficient (Wildman–Crippen LogP) is 2.81. The molecule has 0 bridgehead atoms. The maximum atomic E-state index is 11.5. The molecule has 0 fully saturated rings. The molecule has 7 heteroatoms. The van der Waals surface area contributed by atoms with Crippen LogP contribution in [0.4, 0.5) is 5.69 Å². The second-order valence-corrected chi connectivity index (χ2v) is 4.93. The molecular weight excluding hydrogens is 387 g/mol. The van der Waals surface area contributed by atoms with E-state index in [1.165, 1.54) is 6.07 Å². The smallest absolute Gasteiger partial charge is 0.0562 e. The molecule has 1 N–H and O–H groups in total. The van der Waals surface area contributed by atoms with Crippen molar-refractivity contribution in [2.24, 2.45) is 4.99 Å². The molecule has 0 saturated heterocycles. The van der Waals surface area contributed by atoms with E-state index in [1.807, 2.05) is 30.3 Å². The van der Waals surface area contributed by atoms with Crippen LogP contribution in [0.15, 0.2) is 58.0 Å². The van der Waals surface area contributed by atoms with Gasteiger partial charge in [0.15, 0.2) is 0 Å². The first-order valence-electron chi connectivity index (χ1n) is 6.01. The van der Waals surface area contributed by atoms with Crippen LogP contribution in [0.25, 0.3) is 0 Å². The van der Waals surface area contributed by atoms with Gasteiger partial charge in [-0.2, -0.15) is 0 Å². The number of halogens is 1. The molecule has 119 valence electrons. The largest absolute Gasteiger partial charge is 2.00 e. The average Bonchev–Trinajstić information content (AvgIpc) is 2.43. The predicted molar refractivity (Wildman–Crippen MR) is 82.4 cm³/mol. The Morgan fingerprint density at radius 1 is 1.09 bits per heavy atom. The molecule has 2 aromatic rings. The summed E-state index contributed by atoms with van der Waals surface area (Å²) in [6, 6.07) is 15.0. The molecule has 22 heavy (non-hydrogen) atoms. The fourth-order valence-corrected chi connectivity index (χ4v) is 1.98. The molecule has 0 atom stereocenters. The fraction of sp³-hybridized carbons (Fsp3) is 0.133. The number of benzene rings is 2. The van der Waals surface area contributed by atoms with Crippen LogP contribution in [0.3, 0.4) is 0 Å². The minimum atomic E-state index is -0.0111. The fourth-order valence-electron chi connectivity index (χ4n) is 1.60. The van der Waals surface area contributed by atoms with Crippen LogP contribution in [0, 0.1) is 0 Å². The monoisotopic (exact) mass is 400 g/mol. The van der Waals surface area contributed by atoms with Crippen LogP contribution in [-0.2, 0) is 29.5 Å². The third-order valence-corrected chi connectivity index (χ3v) is 3.04. The number of rotatable bonds is 5. The number of aliphatic imine (C=N–C) groups is 1. The zero-order chi connectivity index (χ0) is 13.5. The molecule has 0 amide bonds. The van der Waals surface area contributed by atoms with E-state index in [0.717, 1.165) is 16.7 Å². The van der Waals surface area contributed by atoms with Gasteiger partial charge in [-0.25, -0.2) is 0 Å². The molecular formula is C15H14BrN2O3V-5. The Kier molecular flexibility index (Phi) is 12.8. The summed E-state index contributed by atoms with van der Waals surface area (Å²) in [6.07, 6.45) is 1.62. The van der Waals surface area contributed by atoms with Crippen molar-refractivity contribution < 1.29 is 34.6 Å². The van der Waals surface area contributed by atoms with Gasteiger partial charge in [0.05, 0.1) is 6.54 Å². The summed E-state index contributed by atoms with van der Waals surface area (Å²) in [5.74, 6) is -0.0111. The maximum absolute atomic E-state index is 11.5. The van der Waals surface area contributed by atoms with Crippen LogP contribution < -0.4 is 10.4 Å². The van der Waals surface area contributed by atoms with Crippen LogP contribution in [0.1, 0.15) is 5.56 Å². The molecule has 0 aliphatic rings. The summed E-state index contributed by atoms with van der Waals surface area (Å²) in [4.78, 5) is 4.25. The van der Waals surface area contributed by atoms with E-state index in [4.69, 9.17) is 0 Å². The molecule has 2 rings (SSSR count). The Bertz CT molecular complexity index is 568. The summed E-state index contributed by atoms with van der Waals surface area (Å²) in [5.41, 5.74) is 1.68. The van der Waals surface area contributed by atoms with Crippen molar-refractivity contribution >= 4 is 27.8 Å². The van der Waals surface area contributed by atoms with E-state index in [0.29, 0.717) is 12.1 Å². The van der Waals surface area contributed by atoms with Crippen molar-refractivity contribution in [3.8, 4) is 5.75 Å². The first-order valence-corrected chi connectivity index (χ1v) is 6.80. The summed E-state index contributed by atoms with van der Waals surface area (Å²) in [7, 11) is 0. The van der Waals surface area contributed by atoms with E-state index in [-0.39, 0.29) is 35.3 Å². The molecule has 0 aliphatic heterocycles. The third-order valence-electron chi connectivity index (χ3n) is 2.55. The Hall–Kier alpha value is -1.31. The normalized spacial score (nSPS) is 9.32. The molecule has 1 radical (unpaired) electrons. The van der Waals surface area contributed by atoms with Gasteiger partial charge >= 0.3 is 0 Å². The van der Waals surface area contributed by atoms with Crippen molar-refractivity contribution in [1.82, 2.24) is 0 Å². The zero-order valence-electron chi connectivity index (χ0n) is 11.6. The Morgan fingerprint density at radius 3 is 2.45 bits per heavy atom. The summed E-state index contributed by atoms with van der Waals surface area (Å²) < 4.78 is 0.885.